The zero-order valence-corrected chi connectivity index (χ0v) is 20.6. The Kier molecular flexibility index (Phi) is 7.64. The van der Waals surface area contributed by atoms with Crippen molar-refractivity contribution in [2.24, 2.45) is 0 Å². The molecule has 0 nitrogen and oxygen atoms in total. The molecule has 0 amide bonds. The summed E-state index contributed by atoms with van der Waals surface area (Å²) >= 11 is 18.7. The monoisotopic (exact) mass is 568 g/mol. The zero-order valence-electron chi connectivity index (χ0n) is 15.3. The average Bonchev–Trinajstić information content (AvgIpc) is 2.73. The molecule has 0 N–H and O–H groups in total. The van der Waals surface area contributed by atoms with E-state index in [0.29, 0.717) is 0 Å². The Hall–Kier alpha value is -1.09. The second kappa shape index (κ2) is 9.81. The minimum Gasteiger partial charge on any atom is -1.00 e. The van der Waals surface area contributed by atoms with E-state index in [1.807, 2.05) is 42.5 Å². The molecule has 0 bridgehead atoms. The fourth-order valence-electron chi connectivity index (χ4n) is 3.54. The van der Waals surface area contributed by atoms with E-state index >= 15 is 0 Å². The van der Waals surface area contributed by atoms with Crippen molar-refractivity contribution in [1.82, 2.24) is 0 Å². The molecule has 0 unspecified atom stereocenters. The lowest BCUT2D eigenvalue weighted by atomic mass is 10.3. The predicted molar refractivity (Wildman–Crippen MR) is 126 cm³/mol. The van der Waals surface area contributed by atoms with Gasteiger partial charge in [-0.1, -0.05) is 53.0 Å². The molecular weight excluding hydrogens is 553 g/mol. The Balaban J connectivity index is 0.00000240. The molecule has 0 radical (unpaired) electrons. The fourth-order valence-corrected chi connectivity index (χ4v) is 8.12. The summed E-state index contributed by atoms with van der Waals surface area (Å²) in [5, 5.41) is 7.13. The van der Waals surface area contributed by atoms with Gasteiger partial charge < -0.3 is 24.0 Å². The molecule has 0 atom stereocenters. The van der Waals surface area contributed by atoms with Crippen LogP contribution in [0.2, 0.25) is 15.1 Å². The Morgan fingerprint density at radius 1 is 0.379 bits per heavy atom. The number of rotatable bonds is 4. The van der Waals surface area contributed by atoms with Gasteiger partial charge in [0.15, 0.2) is 0 Å². The normalized spacial score (nSPS) is 11.0. The van der Waals surface area contributed by atoms with E-state index in [0.717, 1.165) is 15.1 Å². The highest BCUT2D eigenvalue weighted by Crippen LogP contribution is 2.54. The largest absolute Gasteiger partial charge is 1.00 e. The van der Waals surface area contributed by atoms with E-state index in [1.54, 1.807) is 0 Å². The van der Waals surface area contributed by atoms with E-state index in [-0.39, 0.29) is 24.0 Å². The summed E-state index contributed by atoms with van der Waals surface area (Å²) in [6.45, 7) is 0. The van der Waals surface area contributed by atoms with E-state index in [4.69, 9.17) is 34.8 Å². The first-order valence-electron chi connectivity index (χ1n) is 8.84. The van der Waals surface area contributed by atoms with Crippen LogP contribution >= 0.6 is 42.1 Å². The molecule has 5 heteroatoms. The molecule has 0 aromatic heterocycles. The summed E-state index contributed by atoms with van der Waals surface area (Å²) in [6, 6.07) is 35.2. The summed E-state index contributed by atoms with van der Waals surface area (Å²) in [5.74, 6) is 0. The van der Waals surface area contributed by atoms with Crippen LogP contribution in [0.25, 0.3) is 0 Å². The topological polar surface area (TPSA) is 0 Å². The van der Waals surface area contributed by atoms with Gasteiger partial charge in [-0.05, 0) is 84.9 Å². The molecule has 0 aliphatic rings. The van der Waals surface area contributed by atoms with Crippen LogP contribution in [0.15, 0.2) is 103 Å². The minimum atomic E-state index is -2.14. The second-order valence-electron chi connectivity index (χ2n) is 6.44. The van der Waals surface area contributed by atoms with E-state index in [2.05, 4.69) is 60.7 Å². The molecule has 4 rings (SSSR count). The molecule has 4 aromatic rings. The van der Waals surface area contributed by atoms with Gasteiger partial charge in [-0.3, -0.25) is 0 Å². The quantitative estimate of drug-likeness (QED) is 0.262. The van der Waals surface area contributed by atoms with E-state index < -0.39 is 7.26 Å². The van der Waals surface area contributed by atoms with Gasteiger partial charge >= 0.3 is 0 Å². The first kappa shape index (κ1) is 22.6. The summed E-state index contributed by atoms with van der Waals surface area (Å²) in [7, 11) is -2.14. The molecular formula is C24H17Cl3IP. The van der Waals surface area contributed by atoms with Crippen LogP contribution in [0.5, 0.6) is 0 Å². The highest BCUT2D eigenvalue weighted by atomic mass is 127. The van der Waals surface area contributed by atoms with Crippen LogP contribution in [-0.4, -0.2) is 0 Å². The van der Waals surface area contributed by atoms with Crippen molar-refractivity contribution >= 4 is 63.3 Å². The van der Waals surface area contributed by atoms with E-state index in [9.17, 15) is 0 Å². The third kappa shape index (κ3) is 4.50. The third-order valence-electron chi connectivity index (χ3n) is 4.79. The maximum absolute atomic E-state index is 6.22. The van der Waals surface area contributed by atoms with Crippen molar-refractivity contribution in [3.05, 3.63) is 118 Å². The highest BCUT2D eigenvalue weighted by molar-refractivity contribution is 8.01. The molecule has 0 fully saturated rings. The molecule has 0 heterocycles. The van der Waals surface area contributed by atoms with Gasteiger partial charge in [-0.25, -0.2) is 0 Å². The van der Waals surface area contributed by atoms with Gasteiger partial charge in [0.1, 0.15) is 28.5 Å². The zero-order chi connectivity index (χ0) is 19.6. The maximum Gasteiger partial charge on any atom is 0.144 e. The van der Waals surface area contributed by atoms with E-state index in [1.165, 1.54) is 21.2 Å². The molecule has 0 aliphatic heterocycles. The van der Waals surface area contributed by atoms with Crippen molar-refractivity contribution < 1.29 is 24.0 Å². The van der Waals surface area contributed by atoms with Crippen molar-refractivity contribution in [2.75, 3.05) is 0 Å². The molecule has 29 heavy (non-hydrogen) atoms. The predicted octanol–water partition coefficient (Wildman–Crippen LogP) is 3.27. The number of hydrogen-bond donors (Lipinski definition) is 0. The van der Waals surface area contributed by atoms with Gasteiger partial charge in [0.05, 0.1) is 0 Å². The summed E-state index contributed by atoms with van der Waals surface area (Å²) in [6.07, 6.45) is 0. The van der Waals surface area contributed by atoms with Gasteiger partial charge in [-0.15, -0.1) is 0 Å². The molecule has 0 saturated heterocycles. The van der Waals surface area contributed by atoms with Crippen LogP contribution in [0.1, 0.15) is 0 Å². The highest BCUT2D eigenvalue weighted by Gasteiger charge is 2.47. The van der Waals surface area contributed by atoms with Gasteiger partial charge in [-0.2, -0.15) is 0 Å². The lowest BCUT2D eigenvalue weighted by Gasteiger charge is -2.27. The smallest absolute Gasteiger partial charge is 0.144 e. The second-order valence-corrected chi connectivity index (χ2v) is 11.2. The molecule has 0 saturated carbocycles. The first-order valence-corrected chi connectivity index (χ1v) is 11.8. The summed E-state index contributed by atoms with van der Waals surface area (Å²) in [5.41, 5.74) is 0. The average molecular weight is 570 g/mol. The van der Waals surface area contributed by atoms with Crippen LogP contribution in [0.3, 0.4) is 0 Å². The SMILES string of the molecule is Clc1ccc([P+](c2ccccc2)(c2ccc(Cl)cc2)c2ccc(Cl)cc2)cc1.[I-]. The van der Waals surface area contributed by atoms with Gasteiger partial charge in [0.2, 0.25) is 0 Å². The van der Waals surface area contributed by atoms with Crippen molar-refractivity contribution in [1.29, 1.82) is 0 Å². The number of hydrogen-bond acceptors (Lipinski definition) is 0. The van der Waals surface area contributed by atoms with Gasteiger partial charge in [0, 0.05) is 15.1 Å². The lowest BCUT2D eigenvalue weighted by molar-refractivity contribution is -0.00000506. The molecule has 0 aliphatic carbocycles. The number of halogens is 4. The Labute approximate surface area is 204 Å². The lowest BCUT2D eigenvalue weighted by Crippen LogP contribution is -3.00. The Morgan fingerprint density at radius 2 is 0.655 bits per heavy atom. The Bertz CT molecular complexity index is 953. The molecule has 4 aromatic carbocycles. The van der Waals surface area contributed by atoms with Crippen LogP contribution in [-0.2, 0) is 0 Å². The summed E-state index contributed by atoms with van der Waals surface area (Å²) in [4.78, 5) is 0. The van der Waals surface area contributed by atoms with Crippen LogP contribution < -0.4 is 45.2 Å². The molecule has 146 valence electrons. The third-order valence-corrected chi connectivity index (χ3v) is 9.83. The maximum atomic E-state index is 6.22. The fraction of sp³-hybridized carbons (Fsp3) is 0. The van der Waals surface area contributed by atoms with Crippen LogP contribution in [0, 0.1) is 0 Å². The van der Waals surface area contributed by atoms with Crippen molar-refractivity contribution in [2.45, 2.75) is 0 Å². The minimum absolute atomic E-state index is 0. The van der Waals surface area contributed by atoms with Crippen LogP contribution in [0.4, 0.5) is 0 Å². The summed E-state index contributed by atoms with van der Waals surface area (Å²) < 4.78 is 0. The van der Waals surface area contributed by atoms with Gasteiger partial charge in [0.25, 0.3) is 0 Å². The van der Waals surface area contributed by atoms with Crippen molar-refractivity contribution in [3.63, 3.8) is 0 Å². The van der Waals surface area contributed by atoms with Crippen molar-refractivity contribution in [3.8, 4) is 0 Å². The standard InChI is InChI=1S/C24H17Cl3P.HI/c25-18-6-12-22(13-7-18)28(21-4-2-1-3-5-21,23-14-8-19(26)9-15-23)24-16-10-20(27)11-17-24;/h1-17H;1H/q+1;/p-1. The number of benzene rings is 4. The molecule has 0 spiro atoms. The first-order chi connectivity index (χ1) is 13.6. The Morgan fingerprint density at radius 3 is 0.966 bits per heavy atom.